The third-order valence-electron chi connectivity index (χ3n) is 5.10. The van der Waals surface area contributed by atoms with Crippen LogP contribution in [0.15, 0.2) is 71.7 Å². The summed E-state index contributed by atoms with van der Waals surface area (Å²) in [5.74, 6) is 3.34. The van der Waals surface area contributed by atoms with Gasteiger partial charge in [-0.15, -0.1) is 6.42 Å². The summed E-state index contributed by atoms with van der Waals surface area (Å²) in [4.78, 5) is 18.9. The van der Waals surface area contributed by atoms with Crippen LogP contribution in [0.25, 0.3) is 11.1 Å². The molecule has 4 rings (SSSR count). The second kappa shape index (κ2) is 7.65. The maximum Gasteiger partial charge on any atom is 0.248 e. The van der Waals surface area contributed by atoms with Gasteiger partial charge in [-0.3, -0.25) is 9.79 Å². The van der Waals surface area contributed by atoms with Crippen molar-refractivity contribution in [2.24, 2.45) is 4.99 Å². The molecule has 29 heavy (non-hydrogen) atoms. The minimum absolute atomic E-state index is 0.0579. The van der Waals surface area contributed by atoms with Crippen molar-refractivity contribution < 1.29 is 9.53 Å². The van der Waals surface area contributed by atoms with Crippen LogP contribution in [-0.2, 0) is 4.79 Å². The minimum Gasteiger partial charge on any atom is -0.496 e. The first-order valence-corrected chi connectivity index (χ1v) is 9.29. The van der Waals surface area contributed by atoms with Gasteiger partial charge >= 0.3 is 0 Å². The number of terminal acetylenes is 1. The van der Waals surface area contributed by atoms with E-state index in [9.17, 15) is 4.79 Å². The predicted octanol–water partition coefficient (Wildman–Crippen LogP) is 4.16. The van der Waals surface area contributed by atoms with E-state index in [2.05, 4.69) is 10.9 Å². The Kier molecular flexibility index (Phi) is 4.88. The second-order valence-corrected chi connectivity index (χ2v) is 6.74. The van der Waals surface area contributed by atoms with Gasteiger partial charge in [0.05, 0.1) is 18.5 Å². The van der Waals surface area contributed by atoms with Crippen LogP contribution in [0.3, 0.4) is 0 Å². The van der Waals surface area contributed by atoms with Crippen molar-refractivity contribution in [3.8, 4) is 29.2 Å². The summed E-state index contributed by atoms with van der Waals surface area (Å²) in [5.41, 5.74) is 5.84. The highest BCUT2D eigenvalue weighted by atomic mass is 16.5. The molecule has 0 fully saturated rings. The molecule has 0 spiro atoms. The van der Waals surface area contributed by atoms with Crippen molar-refractivity contribution >= 4 is 17.3 Å². The lowest BCUT2D eigenvalue weighted by molar-refractivity contribution is -0.116. The molecule has 1 amide bonds. The lowest BCUT2D eigenvalue weighted by Gasteiger charge is -2.21. The number of hydrogen-bond acceptors (Lipinski definition) is 3. The summed E-state index contributed by atoms with van der Waals surface area (Å²) in [6.45, 7) is 0.0579. The van der Waals surface area contributed by atoms with E-state index in [-0.39, 0.29) is 12.5 Å². The number of anilines is 1. The molecule has 0 aromatic heterocycles. The molecule has 0 N–H and O–H groups in total. The van der Waals surface area contributed by atoms with Gasteiger partial charge in [-0.2, -0.15) is 0 Å². The van der Waals surface area contributed by atoms with Gasteiger partial charge < -0.3 is 9.64 Å². The number of benzodiazepines with no additional fused rings is 1. The summed E-state index contributed by atoms with van der Waals surface area (Å²) in [5, 5.41) is 0. The third-order valence-corrected chi connectivity index (χ3v) is 5.10. The normalized spacial score (nSPS) is 13.2. The van der Waals surface area contributed by atoms with Gasteiger partial charge in [0.25, 0.3) is 0 Å². The van der Waals surface area contributed by atoms with E-state index in [0.29, 0.717) is 11.5 Å². The molecule has 1 aliphatic rings. The number of rotatable bonds is 3. The first-order chi connectivity index (χ1) is 14.1. The van der Waals surface area contributed by atoms with E-state index in [1.807, 2.05) is 66.7 Å². The topological polar surface area (TPSA) is 41.9 Å². The van der Waals surface area contributed by atoms with E-state index in [1.165, 1.54) is 0 Å². The van der Waals surface area contributed by atoms with Crippen molar-refractivity contribution in [3.05, 3.63) is 83.4 Å². The monoisotopic (exact) mass is 380 g/mol. The van der Waals surface area contributed by atoms with Gasteiger partial charge in [-0.1, -0.05) is 54.5 Å². The largest absolute Gasteiger partial charge is 0.496 e. The molecule has 4 nitrogen and oxygen atoms in total. The lowest BCUT2D eigenvalue weighted by atomic mass is 9.92. The molecule has 3 aromatic carbocycles. The molecule has 0 aliphatic carbocycles. The third kappa shape index (κ3) is 3.28. The molecule has 4 heteroatoms. The van der Waals surface area contributed by atoms with E-state index >= 15 is 0 Å². The molecule has 0 radical (unpaired) electrons. The van der Waals surface area contributed by atoms with Gasteiger partial charge in [0.15, 0.2) is 0 Å². The Bertz CT molecular complexity index is 1160. The smallest absolute Gasteiger partial charge is 0.248 e. The van der Waals surface area contributed by atoms with E-state index < -0.39 is 0 Å². The van der Waals surface area contributed by atoms with Crippen molar-refractivity contribution in [1.82, 2.24) is 0 Å². The Morgan fingerprint density at radius 3 is 2.45 bits per heavy atom. The number of carbonyl (C=O) groups is 1. The number of ether oxygens (including phenoxy) is 1. The zero-order valence-electron chi connectivity index (χ0n) is 16.3. The van der Waals surface area contributed by atoms with Crippen LogP contribution in [0.2, 0.25) is 0 Å². The fourth-order valence-corrected chi connectivity index (χ4v) is 3.57. The van der Waals surface area contributed by atoms with E-state index in [4.69, 9.17) is 11.2 Å². The number of likely N-dealkylation sites (N-methyl/N-ethyl adjacent to an activating group) is 1. The maximum absolute atomic E-state index is 12.6. The Labute approximate surface area is 170 Å². The number of amides is 1. The highest BCUT2D eigenvalue weighted by Gasteiger charge is 2.26. The summed E-state index contributed by atoms with van der Waals surface area (Å²) in [6, 6.07) is 21.6. The molecule has 1 aliphatic heterocycles. The highest BCUT2D eigenvalue weighted by Crippen LogP contribution is 2.38. The molecule has 0 bridgehead atoms. The lowest BCUT2D eigenvalue weighted by Crippen LogP contribution is -2.27. The van der Waals surface area contributed by atoms with Gasteiger partial charge in [0.2, 0.25) is 5.91 Å². The summed E-state index contributed by atoms with van der Waals surface area (Å²) >= 11 is 0. The molecular weight excluding hydrogens is 360 g/mol. The van der Waals surface area contributed by atoms with Crippen molar-refractivity contribution in [1.29, 1.82) is 0 Å². The summed E-state index contributed by atoms with van der Waals surface area (Å²) < 4.78 is 5.67. The van der Waals surface area contributed by atoms with Crippen LogP contribution in [-0.4, -0.2) is 32.3 Å². The number of hydrogen-bond donors (Lipinski definition) is 0. The minimum atomic E-state index is -0.0889. The number of aliphatic imine (C=N–C) groups is 1. The molecular formula is C25H20N2O2. The standard InChI is InChI=1S/C25H20N2O2/c1-4-17-10-8-9-13-19(17)25-21-14-20(18-11-6-5-7-12-18)23(29-3)15-22(21)27(2)24(28)16-26-25/h1,5-15H,16H2,2-3H3. The highest BCUT2D eigenvalue weighted by molar-refractivity contribution is 6.21. The van der Waals surface area contributed by atoms with Gasteiger partial charge in [-0.25, -0.2) is 0 Å². The molecule has 0 unspecified atom stereocenters. The van der Waals surface area contributed by atoms with Gasteiger partial charge in [0.1, 0.15) is 12.3 Å². The van der Waals surface area contributed by atoms with Crippen LogP contribution in [0, 0.1) is 12.3 Å². The van der Waals surface area contributed by atoms with E-state index in [0.717, 1.165) is 33.5 Å². The van der Waals surface area contributed by atoms with Gasteiger partial charge in [0, 0.05) is 35.4 Å². The van der Waals surface area contributed by atoms with Crippen LogP contribution in [0.5, 0.6) is 5.75 Å². The SMILES string of the molecule is C#Cc1ccccc1C1=NCC(=O)N(C)c2cc(OC)c(-c3ccccc3)cc21. The Balaban J connectivity index is 2.02. The average molecular weight is 380 g/mol. The predicted molar refractivity (Wildman–Crippen MR) is 117 cm³/mol. The Hall–Kier alpha value is -3.84. The fraction of sp³-hybridized carbons (Fsp3) is 0.120. The molecule has 3 aromatic rings. The molecule has 0 saturated carbocycles. The van der Waals surface area contributed by atoms with Crippen LogP contribution in [0.1, 0.15) is 16.7 Å². The first kappa shape index (κ1) is 18.5. The van der Waals surface area contributed by atoms with Crippen LogP contribution < -0.4 is 9.64 Å². The average Bonchev–Trinajstić information content (AvgIpc) is 2.90. The number of nitrogens with zero attached hydrogens (tertiary/aromatic N) is 2. The number of benzene rings is 3. The zero-order valence-corrected chi connectivity index (χ0v) is 16.3. The zero-order chi connectivity index (χ0) is 20.4. The number of methoxy groups -OCH3 is 1. The Morgan fingerprint density at radius 1 is 1.00 bits per heavy atom. The van der Waals surface area contributed by atoms with Crippen molar-refractivity contribution in [2.45, 2.75) is 0 Å². The van der Waals surface area contributed by atoms with Crippen LogP contribution >= 0.6 is 0 Å². The Morgan fingerprint density at radius 2 is 1.72 bits per heavy atom. The second-order valence-electron chi connectivity index (χ2n) is 6.74. The van der Waals surface area contributed by atoms with Crippen LogP contribution in [0.4, 0.5) is 5.69 Å². The number of carbonyl (C=O) groups excluding carboxylic acids is 1. The van der Waals surface area contributed by atoms with E-state index in [1.54, 1.807) is 19.1 Å². The van der Waals surface area contributed by atoms with Crippen molar-refractivity contribution in [3.63, 3.8) is 0 Å². The quantitative estimate of drug-likeness (QED) is 0.641. The first-order valence-electron chi connectivity index (χ1n) is 9.29. The summed E-state index contributed by atoms with van der Waals surface area (Å²) in [7, 11) is 3.39. The fourth-order valence-electron chi connectivity index (χ4n) is 3.57. The maximum atomic E-state index is 12.6. The molecule has 1 heterocycles. The molecule has 142 valence electrons. The number of fused-ring (bicyclic) bond motifs is 1. The van der Waals surface area contributed by atoms with Gasteiger partial charge in [-0.05, 0) is 17.7 Å². The molecule has 0 atom stereocenters. The summed E-state index contributed by atoms with van der Waals surface area (Å²) in [6.07, 6.45) is 5.74. The van der Waals surface area contributed by atoms with Crippen molar-refractivity contribution in [2.75, 3.05) is 25.6 Å². The molecule has 0 saturated heterocycles.